The van der Waals surface area contributed by atoms with Crippen molar-refractivity contribution in [2.75, 3.05) is 23.7 Å². The number of para-hydroxylation sites is 1. The van der Waals surface area contributed by atoms with Gasteiger partial charge >= 0.3 is 0 Å². The van der Waals surface area contributed by atoms with Gasteiger partial charge in [0.15, 0.2) is 0 Å². The summed E-state index contributed by atoms with van der Waals surface area (Å²) in [6.07, 6.45) is 2.11. The Bertz CT molecular complexity index is 821. The van der Waals surface area contributed by atoms with Crippen molar-refractivity contribution in [3.8, 4) is 6.07 Å². The number of anilines is 2. The fraction of sp³-hybridized carbons (Fsp3) is 0.500. The van der Waals surface area contributed by atoms with Crippen molar-refractivity contribution in [2.24, 2.45) is 0 Å². The summed E-state index contributed by atoms with van der Waals surface area (Å²) < 4.78 is 0. The van der Waals surface area contributed by atoms with E-state index >= 15 is 0 Å². The van der Waals surface area contributed by atoms with Crippen LogP contribution < -0.4 is 16.0 Å². The van der Waals surface area contributed by atoms with Gasteiger partial charge in [0, 0.05) is 30.1 Å². The Balaban J connectivity index is 1.97. The molecular formula is C20H27N5. The van der Waals surface area contributed by atoms with E-state index in [1.54, 1.807) is 0 Å². The molecule has 1 aromatic heterocycles. The van der Waals surface area contributed by atoms with Gasteiger partial charge in [-0.1, -0.05) is 18.2 Å². The summed E-state index contributed by atoms with van der Waals surface area (Å²) in [5, 5.41) is 14.4. The molecule has 3 rings (SSSR count). The van der Waals surface area contributed by atoms with Crippen molar-refractivity contribution >= 4 is 22.4 Å². The van der Waals surface area contributed by atoms with Gasteiger partial charge in [0.05, 0.1) is 11.2 Å². The lowest BCUT2D eigenvalue weighted by atomic mass is 9.98. The van der Waals surface area contributed by atoms with E-state index in [9.17, 15) is 5.26 Å². The Morgan fingerprint density at radius 2 is 1.96 bits per heavy atom. The Labute approximate surface area is 149 Å². The Hall–Kier alpha value is -2.32. The van der Waals surface area contributed by atoms with Crippen molar-refractivity contribution in [1.29, 1.82) is 5.26 Å². The lowest BCUT2D eigenvalue weighted by Crippen LogP contribution is -2.49. The minimum Gasteiger partial charge on any atom is -0.383 e. The van der Waals surface area contributed by atoms with Crippen molar-refractivity contribution in [3.05, 3.63) is 29.3 Å². The molecule has 1 aromatic carbocycles. The zero-order valence-corrected chi connectivity index (χ0v) is 15.6. The van der Waals surface area contributed by atoms with Gasteiger partial charge in [-0.15, -0.1) is 0 Å². The second-order valence-corrected chi connectivity index (χ2v) is 7.96. The van der Waals surface area contributed by atoms with Gasteiger partial charge in [-0.2, -0.15) is 5.26 Å². The van der Waals surface area contributed by atoms with E-state index in [0.29, 0.717) is 17.4 Å². The first-order chi connectivity index (χ1) is 11.8. The molecule has 0 saturated carbocycles. The summed E-state index contributed by atoms with van der Waals surface area (Å²) in [4.78, 5) is 6.79. The molecule has 2 aromatic rings. The summed E-state index contributed by atoms with van der Waals surface area (Å²) >= 11 is 0. The molecule has 0 aliphatic carbocycles. The van der Waals surface area contributed by atoms with Crippen molar-refractivity contribution in [3.63, 3.8) is 0 Å². The molecule has 25 heavy (non-hydrogen) atoms. The fourth-order valence-electron chi connectivity index (χ4n) is 3.73. The van der Waals surface area contributed by atoms with Crippen molar-refractivity contribution in [1.82, 2.24) is 10.3 Å². The Kier molecular flexibility index (Phi) is 4.57. The summed E-state index contributed by atoms with van der Waals surface area (Å²) in [6.45, 7) is 10.5. The molecule has 0 amide bonds. The molecule has 3 N–H and O–H groups in total. The molecule has 5 heteroatoms. The summed E-state index contributed by atoms with van der Waals surface area (Å²) in [7, 11) is 0. The Morgan fingerprint density at radius 3 is 2.56 bits per heavy atom. The van der Waals surface area contributed by atoms with E-state index in [2.05, 4.69) is 42.0 Å². The average Bonchev–Trinajstić information content (AvgIpc) is 2.54. The van der Waals surface area contributed by atoms with E-state index < -0.39 is 0 Å². The van der Waals surface area contributed by atoms with Crippen LogP contribution in [0.1, 0.15) is 44.7 Å². The smallest absolute Gasteiger partial charge is 0.144 e. The molecule has 1 saturated heterocycles. The fourth-order valence-corrected chi connectivity index (χ4v) is 3.73. The van der Waals surface area contributed by atoms with Crippen LogP contribution in [0.5, 0.6) is 0 Å². The standard InChI is InChI=1S/C20H27N5/c1-13-6-5-7-15-17(13)23-19(22)16(12-21)18(15)25-10-8-14(9-11-25)24-20(2,3)4/h5-7,14,24H,8-11H2,1-4H3,(H2,22,23). The number of nitrogens with one attached hydrogen (secondary N) is 1. The van der Waals surface area contributed by atoms with E-state index in [1.165, 1.54) is 0 Å². The van der Waals surface area contributed by atoms with Gasteiger partial charge in [0.25, 0.3) is 0 Å². The normalized spacial score (nSPS) is 16.2. The quantitative estimate of drug-likeness (QED) is 0.878. The van der Waals surface area contributed by atoms with Crippen LogP contribution in [-0.4, -0.2) is 29.7 Å². The van der Waals surface area contributed by atoms with Gasteiger partial charge in [-0.05, 0) is 46.1 Å². The molecule has 1 aliphatic heterocycles. The van der Waals surface area contributed by atoms with Crippen molar-refractivity contribution < 1.29 is 0 Å². The second-order valence-electron chi connectivity index (χ2n) is 7.96. The summed E-state index contributed by atoms with van der Waals surface area (Å²) in [5.41, 5.74) is 9.65. The third kappa shape index (κ3) is 3.54. The summed E-state index contributed by atoms with van der Waals surface area (Å²) in [5.74, 6) is 0.328. The molecule has 2 heterocycles. The number of nitrogen functional groups attached to an aromatic ring is 1. The number of nitriles is 1. The predicted octanol–water partition coefficient (Wildman–Crippen LogP) is 3.35. The number of piperidine rings is 1. The van der Waals surface area contributed by atoms with Gasteiger partial charge < -0.3 is 16.0 Å². The number of aromatic nitrogens is 1. The third-order valence-corrected chi connectivity index (χ3v) is 4.78. The van der Waals surface area contributed by atoms with Crippen LogP contribution in [0.25, 0.3) is 10.9 Å². The first kappa shape index (κ1) is 17.5. The van der Waals surface area contributed by atoms with Gasteiger partial charge in [-0.3, -0.25) is 0 Å². The average molecular weight is 337 g/mol. The third-order valence-electron chi connectivity index (χ3n) is 4.78. The lowest BCUT2D eigenvalue weighted by Gasteiger charge is -2.38. The first-order valence-electron chi connectivity index (χ1n) is 8.91. The molecule has 0 atom stereocenters. The van der Waals surface area contributed by atoms with Gasteiger partial charge in [-0.25, -0.2) is 4.98 Å². The molecule has 132 valence electrons. The molecule has 0 unspecified atom stereocenters. The maximum Gasteiger partial charge on any atom is 0.144 e. The molecular weight excluding hydrogens is 310 g/mol. The minimum absolute atomic E-state index is 0.121. The number of aryl methyl sites for hydroxylation is 1. The maximum absolute atomic E-state index is 9.65. The second kappa shape index (κ2) is 6.53. The van der Waals surface area contributed by atoms with E-state index in [0.717, 1.165) is 48.1 Å². The lowest BCUT2D eigenvalue weighted by molar-refractivity contribution is 0.317. The summed E-state index contributed by atoms with van der Waals surface area (Å²) in [6, 6.07) is 8.89. The van der Waals surface area contributed by atoms with Crippen LogP contribution >= 0.6 is 0 Å². The van der Waals surface area contributed by atoms with Gasteiger partial charge in [0.2, 0.25) is 0 Å². The van der Waals surface area contributed by atoms with Crippen LogP contribution in [0.3, 0.4) is 0 Å². The maximum atomic E-state index is 9.65. The van der Waals surface area contributed by atoms with Gasteiger partial charge in [0.1, 0.15) is 17.5 Å². The molecule has 0 radical (unpaired) electrons. The minimum atomic E-state index is 0.121. The number of hydrogen-bond acceptors (Lipinski definition) is 5. The topological polar surface area (TPSA) is 78.0 Å². The number of nitrogens with zero attached hydrogens (tertiary/aromatic N) is 3. The van der Waals surface area contributed by atoms with Crippen LogP contribution in [-0.2, 0) is 0 Å². The zero-order valence-electron chi connectivity index (χ0n) is 15.6. The number of benzene rings is 1. The number of hydrogen-bond donors (Lipinski definition) is 2. The highest BCUT2D eigenvalue weighted by Gasteiger charge is 2.26. The van der Waals surface area contributed by atoms with E-state index in [-0.39, 0.29) is 5.54 Å². The molecule has 0 bridgehead atoms. The van der Waals surface area contributed by atoms with E-state index in [4.69, 9.17) is 5.73 Å². The van der Waals surface area contributed by atoms with Crippen LogP contribution in [0.4, 0.5) is 11.5 Å². The van der Waals surface area contributed by atoms with Crippen LogP contribution in [0, 0.1) is 18.3 Å². The molecule has 1 fully saturated rings. The highest BCUT2D eigenvalue weighted by Crippen LogP contribution is 2.35. The van der Waals surface area contributed by atoms with Crippen LogP contribution in [0.15, 0.2) is 18.2 Å². The monoisotopic (exact) mass is 337 g/mol. The zero-order chi connectivity index (χ0) is 18.2. The number of nitrogens with two attached hydrogens (primary N) is 1. The molecule has 5 nitrogen and oxygen atoms in total. The molecule has 1 aliphatic rings. The number of rotatable bonds is 2. The SMILES string of the molecule is Cc1cccc2c(N3CCC(NC(C)(C)C)CC3)c(C#N)c(N)nc12. The molecule has 0 spiro atoms. The first-order valence-corrected chi connectivity index (χ1v) is 8.91. The van der Waals surface area contributed by atoms with E-state index in [1.807, 2.05) is 25.1 Å². The number of fused-ring (bicyclic) bond motifs is 1. The Morgan fingerprint density at radius 1 is 1.28 bits per heavy atom. The largest absolute Gasteiger partial charge is 0.383 e. The highest BCUT2D eigenvalue weighted by atomic mass is 15.2. The number of pyridine rings is 1. The van der Waals surface area contributed by atoms with Crippen molar-refractivity contribution in [2.45, 2.75) is 52.1 Å². The highest BCUT2D eigenvalue weighted by molar-refractivity contribution is 5.98. The predicted molar refractivity (Wildman–Crippen MR) is 104 cm³/mol. The van der Waals surface area contributed by atoms with Crippen LogP contribution in [0.2, 0.25) is 0 Å².